The molecule has 1 aliphatic heterocycles. The zero-order chi connectivity index (χ0) is 17.5. The Morgan fingerprint density at radius 2 is 1.79 bits per heavy atom. The molecule has 0 spiro atoms. The third-order valence-corrected chi connectivity index (χ3v) is 5.30. The first-order valence-electron chi connectivity index (χ1n) is 6.88. The van der Waals surface area contributed by atoms with Gasteiger partial charge in [0.25, 0.3) is 10.0 Å². The summed E-state index contributed by atoms with van der Waals surface area (Å²) >= 11 is 11.7. The lowest BCUT2D eigenvalue weighted by atomic mass is 10.1. The second-order valence-electron chi connectivity index (χ2n) is 5.37. The van der Waals surface area contributed by atoms with Crippen molar-refractivity contribution < 1.29 is 13.2 Å². The van der Waals surface area contributed by atoms with Crippen molar-refractivity contribution in [3.05, 3.63) is 52.0 Å². The summed E-state index contributed by atoms with van der Waals surface area (Å²) in [4.78, 5) is 13.1. The Bertz CT molecular complexity index is 911. The highest BCUT2D eigenvalue weighted by Gasteiger charge is 2.21. The minimum atomic E-state index is -3.83. The zero-order valence-electron chi connectivity index (χ0n) is 12.5. The molecule has 0 bridgehead atoms. The van der Waals surface area contributed by atoms with Gasteiger partial charge in [-0.25, -0.2) is 13.2 Å². The van der Waals surface area contributed by atoms with E-state index in [-0.39, 0.29) is 21.0 Å². The number of hydrogen-bond donors (Lipinski definition) is 2. The maximum absolute atomic E-state index is 12.5. The van der Waals surface area contributed by atoms with Crippen molar-refractivity contribution >= 4 is 50.6 Å². The lowest BCUT2D eigenvalue weighted by Gasteiger charge is -2.26. The molecule has 0 aliphatic carbocycles. The molecule has 9 heteroatoms. The molecule has 2 N–H and O–H groups in total. The molecule has 0 saturated carbocycles. The van der Waals surface area contributed by atoms with E-state index in [4.69, 9.17) is 23.2 Å². The largest absolute Gasteiger partial charge is 0.323 e. The van der Waals surface area contributed by atoms with Crippen molar-refractivity contribution in [2.45, 2.75) is 11.4 Å². The Kier molecular flexibility index (Phi) is 4.33. The van der Waals surface area contributed by atoms with Crippen LogP contribution in [0.25, 0.3) is 0 Å². The molecule has 2 amide bonds. The average molecular weight is 386 g/mol. The standard InChI is InChI=1S/C15H13Cl2N3O3S/c1-20-8-9-4-12(2-3-14(9)18-15(20)21)19-24(22,23)13-6-10(16)5-11(17)7-13/h2-7,19H,8H2,1H3,(H,18,21). The minimum Gasteiger partial charge on any atom is -0.323 e. The number of nitrogens with one attached hydrogen (secondary N) is 2. The van der Waals surface area contributed by atoms with Gasteiger partial charge in [0.1, 0.15) is 0 Å². The summed E-state index contributed by atoms with van der Waals surface area (Å²) in [6, 6.07) is 8.81. The van der Waals surface area contributed by atoms with E-state index in [1.165, 1.54) is 23.1 Å². The number of carbonyl (C=O) groups is 1. The highest BCUT2D eigenvalue weighted by atomic mass is 35.5. The van der Waals surface area contributed by atoms with Gasteiger partial charge in [0, 0.05) is 35.0 Å². The van der Waals surface area contributed by atoms with Gasteiger partial charge in [-0.2, -0.15) is 0 Å². The molecule has 0 aromatic heterocycles. The van der Waals surface area contributed by atoms with Crippen molar-refractivity contribution in [2.24, 2.45) is 0 Å². The van der Waals surface area contributed by atoms with Crippen LogP contribution in [-0.2, 0) is 16.6 Å². The molecular weight excluding hydrogens is 373 g/mol. The molecule has 2 aromatic carbocycles. The van der Waals surface area contributed by atoms with Crippen molar-refractivity contribution in [1.29, 1.82) is 0 Å². The predicted molar refractivity (Wildman–Crippen MR) is 94.2 cm³/mol. The fourth-order valence-electron chi connectivity index (χ4n) is 2.35. The second kappa shape index (κ2) is 6.16. The summed E-state index contributed by atoms with van der Waals surface area (Å²) in [7, 11) is -2.17. The first-order valence-corrected chi connectivity index (χ1v) is 9.12. The number of rotatable bonds is 3. The molecule has 1 aliphatic rings. The summed E-state index contributed by atoms with van der Waals surface area (Å²) in [5, 5.41) is 3.19. The van der Waals surface area contributed by atoms with Crippen molar-refractivity contribution in [1.82, 2.24) is 4.90 Å². The van der Waals surface area contributed by atoms with Gasteiger partial charge >= 0.3 is 6.03 Å². The Morgan fingerprint density at radius 1 is 1.12 bits per heavy atom. The average Bonchev–Trinajstić information content (AvgIpc) is 2.47. The fourth-order valence-corrected chi connectivity index (χ4v) is 4.12. The van der Waals surface area contributed by atoms with Crippen LogP contribution in [0.3, 0.4) is 0 Å². The van der Waals surface area contributed by atoms with E-state index < -0.39 is 10.0 Å². The third kappa shape index (κ3) is 3.43. The number of benzene rings is 2. The number of fused-ring (bicyclic) bond motifs is 1. The summed E-state index contributed by atoms with van der Waals surface area (Å²) in [6.45, 7) is 0.389. The smallest absolute Gasteiger partial charge is 0.321 e. The van der Waals surface area contributed by atoms with Crippen LogP contribution >= 0.6 is 23.2 Å². The maximum Gasteiger partial charge on any atom is 0.321 e. The van der Waals surface area contributed by atoms with Crippen LogP contribution in [0.2, 0.25) is 10.0 Å². The number of urea groups is 1. The van der Waals surface area contributed by atoms with E-state index >= 15 is 0 Å². The molecule has 1 heterocycles. The van der Waals surface area contributed by atoms with Gasteiger partial charge in [-0.15, -0.1) is 0 Å². The number of carbonyl (C=O) groups excluding carboxylic acids is 1. The number of anilines is 2. The van der Waals surface area contributed by atoms with Crippen LogP contribution < -0.4 is 10.0 Å². The van der Waals surface area contributed by atoms with Gasteiger partial charge in [0.2, 0.25) is 0 Å². The Morgan fingerprint density at radius 3 is 2.46 bits per heavy atom. The molecule has 0 fully saturated rings. The number of hydrogen-bond acceptors (Lipinski definition) is 3. The van der Waals surface area contributed by atoms with Crippen LogP contribution in [0.4, 0.5) is 16.2 Å². The summed E-state index contributed by atoms with van der Waals surface area (Å²) in [6.07, 6.45) is 0. The monoisotopic (exact) mass is 385 g/mol. The normalized spacial score (nSPS) is 14.1. The van der Waals surface area contributed by atoms with E-state index in [1.807, 2.05) is 0 Å². The molecule has 0 radical (unpaired) electrons. The topological polar surface area (TPSA) is 78.5 Å². The molecule has 0 saturated heterocycles. The van der Waals surface area contributed by atoms with Crippen molar-refractivity contribution in [3.8, 4) is 0 Å². The molecule has 6 nitrogen and oxygen atoms in total. The van der Waals surface area contributed by atoms with E-state index in [2.05, 4.69) is 10.0 Å². The molecule has 2 aromatic rings. The van der Waals surface area contributed by atoms with Gasteiger partial charge in [-0.3, -0.25) is 4.72 Å². The molecular formula is C15H13Cl2N3O3S. The molecule has 0 atom stereocenters. The molecule has 0 unspecified atom stereocenters. The van der Waals surface area contributed by atoms with Gasteiger partial charge < -0.3 is 10.2 Å². The van der Waals surface area contributed by atoms with Crippen LogP contribution in [0, 0.1) is 0 Å². The highest BCUT2D eigenvalue weighted by Crippen LogP contribution is 2.28. The first-order chi connectivity index (χ1) is 11.2. The number of sulfonamides is 1. The summed E-state index contributed by atoms with van der Waals surface area (Å²) < 4.78 is 27.5. The predicted octanol–water partition coefficient (Wildman–Crippen LogP) is 3.77. The van der Waals surface area contributed by atoms with Crippen LogP contribution in [0.5, 0.6) is 0 Å². The van der Waals surface area contributed by atoms with Crippen molar-refractivity contribution in [3.63, 3.8) is 0 Å². The van der Waals surface area contributed by atoms with E-state index in [0.29, 0.717) is 17.9 Å². The van der Waals surface area contributed by atoms with Gasteiger partial charge in [-0.1, -0.05) is 23.2 Å². The van der Waals surface area contributed by atoms with E-state index in [9.17, 15) is 13.2 Å². The summed E-state index contributed by atoms with van der Waals surface area (Å²) in [5.74, 6) is 0. The van der Waals surface area contributed by atoms with Gasteiger partial charge in [0.05, 0.1) is 4.90 Å². The molecule has 24 heavy (non-hydrogen) atoms. The maximum atomic E-state index is 12.5. The van der Waals surface area contributed by atoms with Crippen LogP contribution in [0.15, 0.2) is 41.3 Å². The zero-order valence-corrected chi connectivity index (χ0v) is 14.8. The number of amides is 2. The van der Waals surface area contributed by atoms with Gasteiger partial charge in [-0.05, 0) is 42.0 Å². The molecule has 3 rings (SSSR count). The number of nitrogens with zero attached hydrogens (tertiary/aromatic N) is 1. The van der Waals surface area contributed by atoms with Gasteiger partial charge in [0.15, 0.2) is 0 Å². The Hall–Kier alpha value is -1.96. The fraction of sp³-hybridized carbons (Fsp3) is 0.133. The second-order valence-corrected chi connectivity index (χ2v) is 7.92. The van der Waals surface area contributed by atoms with Crippen molar-refractivity contribution in [2.75, 3.05) is 17.1 Å². The quantitative estimate of drug-likeness (QED) is 0.843. The Labute approximate surface area is 149 Å². The van der Waals surface area contributed by atoms with E-state index in [1.54, 1.807) is 25.2 Å². The summed E-state index contributed by atoms with van der Waals surface area (Å²) in [5.41, 5.74) is 1.85. The minimum absolute atomic E-state index is 0.0249. The van der Waals surface area contributed by atoms with Crippen LogP contribution in [-0.4, -0.2) is 26.4 Å². The SMILES string of the molecule is CN1Cc2cc(NS(=O)(=O)c3cc(Cl)cc(Cl)c3)ccc2NC1=O. The van der Waals surface area contributed by atoms with Crippen LogP contribution in [0.1, 0.15) is 5.56 Å². The molecule has 126 valence electrons. The third-order valence-electron chi connectivity index (χ3n) is 3.50. The van der Waals surface area contributed by atoms with E-state index in [0.717, 1.165) is 5.56 Å². The number of halogens is 2. The lowest BCUT2D eigenvalue weighted by Crippen LogP contribution is -2.35. The highest BCUT2D eigenvalue weighted by molar-refractivity contribution is 7.92. The lowest BCUT2D eigenvalue weighted by molar-refractivity contribution is 0.218. The Balaban J connectivity index is 1.91. The first kappa shape index (κ1) is 16.9.